The Balaban J connectivity index is 1.75. The van der Waals surface area contributed by atoms with Crippen molar-refractivity contribution >= 4 is 40.3 Å². The number of hydrogen-bond acceptors (Lipinski definition) is 3. The zero-order valence-corrected chi connectivity index (χ0v) is 16.2. The fraction of sp³-hybridized carbons (Fsp3) is 0.211. The van der Waals surface area contributed by atoms with E-state index in [9.17, 15) is 4.79 Å². The monoisotopic (exact) mass is 393 g/mol. The molecule has 25 heavy (non-hydrogen) atoms. The first-order valence-corrected chi connectivity index (χ1v) is 9.40. The third-order valence-corrected chi connectivity index (χ3v) is 5.71. The van der Waals surface area contributed by atoms with Crippen molar-refractivity contribution in [1.82, 2.24) is 4.57 Å². The Labute approximate surface area is 160 Å². The Morgan fingerprint density at radius 2 is 2.00 bits per heavy atom. The van der Waals surface area contributed by atoms with Crippen molar-refractivity contribution in [2.24, 2.45) is 0 Å². The molecule has 2 heterocycles. The highest BCUT2D eigenvalue weighted by Crippen LogP contribution is 2.31. The Bertz CT molecular complexity index is 901. The average molecular weight is 394 g/mol. The van der Waals surface area contributed by atoms with Gasteiger partial charge in [0.05, 0.1) is 11.6 Å². The number of aromatic nitrogens is 1. The fourth-order valence-electron chi connectivity index (χ4n) is 2.70. The molecule has 2 aromatic heterocycles. The highest BCUT2D eigenvalue weighted by atomic mass is 35.5. The maximum absolute atomic E-state index is 12.6. The number of Topliss-reactive ketones (excluding diaryl/α,β-unsaturated/α-hetero) is 1. The van der Waals surface area contributed by atoms with Crippen molar-refractivity contribution in [3.05, 3.63) is 73.7 Å². The molecule has 0 N–H and O–H groups in total. The van der Waals surface area contributed by atoms with Gasteiger partial charge in [-0.2, -0.15) is 0 Å². The molecular formula is C19H17Cl2NO2S. The van der Waals surface area contributed by atoms with Gasteiger partial charge < -0.3 is 9.30 Å². The number of nitrogens with zero attached hydrogens (tertiary/aromatic N) is 1. The van der Waals surface area contributed by atoms with Crippen LogP contribution in [0.5, 0.6) is 5.75 Å². The van der Waals surface area contributed by atoms with Gasteiger partial charge in [0.1, 0.15) is 10.8 Å². The number of benzene rings is 1. The van der Waals surface area contributed by atoms with Gasteiger partial charge in [0.15, 0.2) is 6.61 Å². The van der Waals surface area contributed by atoms with Crippen molar-refractivity contribution in [2.75, 3.05) is 6.61 Å². The smallest absolute Gasteiger partial charge is 0.202 e. The number of rotatable bonds is 6. The van der Waals surface area contributed by atoms with Crippen LogP contribution in [0.15, 0.2) is 41.8 Å². The van der Waals surface area contributed by atoms with Crippen LogP contribution in [-0.2, 0) is 6.54 Å². The summed E-state index contributed by atoms with van der Waals surface area (Å²) in [5.74, 6) is 0.330. The molecule has 0 saturated heterocycles. The van der Waals surface area contributed by atoms with E-state index in [0.29, 0.717) is 21.4 Å². The van der Waals surface area contributed by atoms with Gasteiger partial charge in [-0.1, -0.05) is 35.3 Å². The molecule has 0 aliphatic carbocycles. The summed E-state index contributed by atoms with van der Waals surface area (Å²) >= 11 is 13.8. The molecular weight excluding hydrogens is 377 g/mol. The van der Waals surface area contributed by atoms with Crippen molar-refractivity contribution in [3.8, 4) is 5.75 Å². The molecule has 0 saturated carbocycles. The molecule has 0 fully saturated rings. The summed E-state index contributed by atoms with van der Waals surface area (Å²) in [7, 11) is 0. The van der Waals surface area contributed by atoms with Crippen LogP contribution in [-0.4, -0.2) is 17.0 Å². The molecule has 1 aromatic carbocycles. The van der Waals surface area contributed by atoms with Gasteiger partial charge in [-0.15, -0.1) is 11.3 Å². The van der Waals surface area contributed by atoms with Crippen molar-refractivity contribution in [2.45, 2.75) is 20.4 Å². The summed E-state index contributed by atoms with van der Waals surface area (Å²) < 4.78 is 7.71. The zero-order chi connectivity index (χ0) is 18.0. The standard InChI is InChI=1S/C19H17Cl2NO2S/c1-12-9-15(13(2)22(12)10-14-5-4-8-25-14)17(23)11-24-18-7-3-6-16(20)19(18)21/h3-9H,10-11H2,1-2H3. The molecule has 0 bridgehead atoms. The Hall–Kier alpha value is -1.75. The molecule has 3 nitrogen and oxygen atoms in total. The SMILES string of the molecule is Cc1cc(C(=O)COc2cccc(Cl)c2Cl)c(C)n1Cc1cccs1. The number of hydrogen-bond donors (Lipinski definition) is 0. The first kappa shape index (κ1) is 18.1. The third kappa shape index (κ3) is 3.92. The summed E-state index contributed by atoms with van der Waals surface area (Å²) in [5, 5.41) is 2.78. The summed E-state index contributed by atoms with van der Waals surface area (Å²) in [6.45, 7) is 4.65. The molecule has 0 radical (unpaired) electrons. The minimum absolute atomic E-state index is 0.0800. The predicted molar refractivity (Wildman–Crippen MR) is 104 cm³/mol. The van der Waals surface area contributed by atoms with E-state index in [1.165, 1.54) is 4.88 Å². The molecule has 0 atom stereocenters. The molecule has 0 aliphatic rings. The third-order valence-electron chi connectivity index (χ3n) is 4.04. The van der Waals surface area contributed by atoms with Crippen molar-refractivity contribution < 1.29 is 9.53 Å². The van der Waals surface area contributed by atoms with Crippen LogP contribution in [0.25, 0.3) is 0 Å². The minimum Gasteiger partial charge on any atom is -0.484 e. The first-order chi connectivity index (χ1) is 12.0. The minimum atomic E-state index is -0.0819. The second kappa shape index (κ2) is 7.65. The van der Waals surface area contributed by atoms with Gasteiger partial charge in [-0.25, -0.2) is 0 Å². The second-order valence-electron chi connectivity index (χ2n) is 5.71. The maximum Gasteiger partial charge on any atom is 0.202 e. The Morgan fingerprint density at radius 1 is 1.20 bits per heavy atom. The second-order valence-corrected chi connectivity index (χ2v) is 7.53. The van der Waals surface area contributed by atoms with E-state index in [1.807, 2.05) is 26.0 Å². The van der Waals surface area contributed by atoms with E-state index in [2.05, 4.69) is 16.0 Å². The molecule has 0 unspecified atom stereocenters. The molecule has 3 rings (SSSR count). The number of halogens is 2. The molecule has 0 amide bonds. The van der Waals surface area contributed by atoms with Crippen molar-refractivity contribution in [1.29, 1.82) is 0 Å². The normalized spacial score (nSPS) is 10.9. The van der Waals surface area contributed by atoms with Crippen molar-refractivity contribution in [3.63, 3.8) is 0 Å². The number of ketones is 1. The number of aryl methyl sites for hydroxylation is 1. The highest BCUT2D eigenvalue weighted by molar-refractivity contribution is 7.09. The summed E-state index contributed by atoms with van der Waals surface area (Å²) in [6.07, 6.45) is 0. The number of carbonyl (C=O) groups is 1. The number of thiophene rings is 1. The van der Waals surface area contributed by atoms with E-state index in [-0.39, 0.29) is 12.4 Å². The van der Waals surface area contributed by atoms with Gasteiger partial charge in [0.2, 0.25) is 5.78 Å². The van der Waals surface area contributed by atoms with E-state index in [0.717, 1.165) is 17.9 Å². The fourth-order valence-corrected chi connectivity index (χ4v) is 3.74. The summed E-state index contributed by atoms with van der Waals surface area (Å²) in [4.78, 5) is 13.8. The maximum atomic E-state index is 12.6. The van der Waals surface area contributed by atoms with Gasteiger partial charge in [0.25, 0.3) is 0 Å². The van der Waals surface area contributed by atoms with Gasteiger partial charge in [-0.05, 0) is 43.5 Å². The van der Waals surface area contributed by atoms with E-state index in [1.54, 1.807) is 29.5 Å². The Kier molecular flexibility index (Phi) is 5.52. The predicted octanol–water partition coefficient (Wildman–Crippen LogP) is 5.78. The quantitative estimate of drug-likeness (QED) is 0.496. The molecule has 130 valence electrons. The van der Waals surface area contributed by atoms with Crippen LogP contribution in [0.3, 0.4) is 0 Å². The zero-order valence-electron chi connectivity index (χ0n) is 13.9. The first-order valence-electron chi connectivity index (χ1n) is 7.76. The lowest BCUT2D eigenvalue weighted by Crippen LogP contribution is -2.13. The largest absolute Gasteiger partial charge is 0.484 e. The summed E-state index contributed by atoms with van der Waals surface area (Å²) in [5.41, 5.74) is 2.67. The lowest BCUT2D eigenvalue weighted by Gasteiger charge is -2.10. The Morgan fingerprint density at radius 3 is 2.72 bits per heavy atom. The van der Waals surface area contributed by atoms with E-state index >= 15 is 0 Å². The van der Waals surface area contributed by atoms with E-state index < -0.39 is 0 Å². The summed E-state index contributed by atoms with van der Waals surface area (Å²) in [6, 6.07) is 11.1. The molecule has 0 spiro atoms. The van der Waals surface area contributed by atoms with Crippen LogP contribution in [0.4, 0.5) is 0 Å². The lowest BCUT2D eigenvalue weighted by atomic mass is 10.1. The average Bonchev–Trinajstić information content (AvgIpc) is 3.19. The number of ether oxygens (including phenoxy) is 1. The van der Waals surface area contributed by atoms with Gasteiger partial charge in [0, 0.05) is 21.8 Å². The van der Waals surface area contributed by atoms with Crippen LogP contribution in [0.2, 0.25) is 10.0 Å². The van der Waals surface area contributed by atoms with Crippen LogP contribution in [0, 0.1) is 13.8 Å². The topological polar surface area (TPSA) is 31.2 Å². The van der Waals surface area contributed by atoms with Gasteiger partial charge >= 0.3 is 0 Å². The van der Waals surface area contributed by atoms with Crippen LogP contribution >= 0.6 is 34.5 Å². The number of carbonyl (C=O) groups excluding carboxylic acids is 1. The van der Waals surface area contributed by atoms with Gasteiger partial charge in [-0.3, -0.25) is 4.79 Å². The van der Waals surface area contributed by atoms with Crippen LogP contribution in [0.1, 0.15) is 26.6 Å². The van der Waals surface area contributed by atoms with E-state index in [4.69, 9.17) is 27.9 Å². The molecule has 0 aliphatic heterocycles. The molecule has 6 heteroatoms. The lowest BCUT2D eigenvalue weighted by molar-refractivity contribution is 0.0921. The van der Waals surface area contributed by atoms with Crippen LogP contribution < -0.4 is 4.74 Å². The molecule has 3 aromatic rings. The highest BCUT2D eigenvalue weighted by Gasteiger charge is 2.17.